The number of amides is 2. The Kier molecular flexibility index (Phi) is 5.66. The highest BCUT2D eigenvalue weighted by atomic mass is 16.3. The maximum absolute atomic E-state index is 12.9. The van der Waals surface area contributed by atoms with E-state index in [-0.39, 0.29) is 17.9 Å². The van der Waals surface area contributed by atoms with E-state index < -0.39 is 5.60 Å². The Labute approximate surface area is 156 Å². The standard InChI is InChI=1S/C21H30N2O3/c1-21(2,26)12-11-16-7-9-17(10-8-16)20(25)22-13-3-5-18(15-22)23-14-4-6-19(23)24/h7-10,18,26H,3-6,11-15H2,1-2H3/t18-/m0/s1. The summed E-state index contributed by atoms with van der Waals surface area (Å²) in [4.78, 5) is 28.7. The second-order valence-corrected chi connectivity index (χ2v) is 8.25. The Balaban J connectivity index is 1.60. The van der Waals surface area contributed by atoms with Gasteiger partial charge in [0.05, 0.1) is 5.60 Å². The lowest BCUT2D eigenvalue weighted by atomic mass is 9.98. The van der Waals surface area contributed by atoms with Gasteiger partial charge in [-0.15, -0.1) is 0 Å². The first-order valence-electron chi connectivity index (χ1n) is 9.73. The minimum Gasteiger partial charge on any atom is -0.390 e. The highest BCUT2D eigenvalue weighted by molar-refractivity contribution is 5.94. The number of hydrogen-bond acceptors (Lipinski definition) is 3. The van der Waals surface area contributed by atoms with Gasteiger partial charge in [0.15, 0.2) is 0 Å². The summed E-state index contributed by atoms with van der Waals surface area (Å²) in [6.45, 7) is 5.86. The number of nitrogens with zero attached hydrogens (tertiary/aromatic N) is 2. The van der Waals surface area contributed by atoms with Crippen LogP contribution in [-0.4, -0.2) is 58.0 Å². The van der Waals surface area contributed by atoms with Gasteiger partial charge in [-0.3, -0.25) is 9.59 Å². The molecule has 2 fully saturated rings. The molecule has 2 amide bonds. The molecule has 1 N–H and O–H groups in total. The molecule has 5 nitrogen and oxygen atoms in total. The maximum Gasteiger partial charge on any atom is 0.253 e. The summed E-state index contributed by atoms with van der Waals surface area (Å²) < 4.78 is 0. The van der Waals surface area contributed by atoms with Crippen LogP contribution in [0.1, 0.15) is 61.9 Å². The van der Waals surface area contributed by atoms with Crippen LogP contribution in [0, 0.1) is 0 Å². The van der Waals surface area contributed by atoms with Gasteiger partial charge in [-0.05, 0) is 63.6 Å². The molecular weight excluding hydrogens is 328 g/mol. The predicted octanol–water partition coefficient (Wildman–Crippen LogP) is 2.62. The smallest absolute Gasteiger partial charge is 0.253 e. The van der Waals surface area contributed by atoms with Gasteiger partial charge >= 0.3 is 0 Å². The molecule has 1 aromatic carbocycles. The molecular formula is C21H30N2O3. The molecule has 5 heteroatoms. The molecule has 2 heterocycles. The van der Waals surface area contributed by atoms with Gasteiger partial charge in [0, 0.05) is 37.7 Å². The number of benzene rings is 1. The van der Waals surface area contributed by atoms with E-state index in [0.29, 0.717) is 24.9 Å². The number of rotatable bonds is 5. The second kappa shape index (κ2) is 7.78. The molecule has 0 aliphatic carbocycles. The highest BCUT2D eigenvalue weighted by Crippen LogP contribution is 2.23. The monoisotopic (exact) mass is 358 g/mol. The average molecular weight is 358 g/mol. The number of carbonyl (C=O) groups excluding carboxylic acids is 2. The number of aliphatic hydroxyl groups is 1. The van der Waals surface area contributed by atoms with Crippen LogP contribution in [0.4, 0.5) is 0 Å². The lowest BCUT2D eigenvalue weighted by molar-refractivity contribution is -0.130. The van der Waals surface area contributed by atoms with E-state index in [1.165, 1.54) is 0 Å². The molecule has 2 aliphatic heterocycles. The van der Waals surface area contributed by atoms with Crippen molar-refractivity contribution >= 4 is 11.8 Å². The van der Waals surface area contributed by atoms with Crippen LogP contribution < -0.4 is 0 Å². The van der Waals surface area contributed by atoms with Crippen LogP contribution in [0.25, 0.3) is 0 Å². The van der Waals surface area contributed by atoms with Crippen molar-refractivity contribution in [1.29, 1.82) is 0 Å². The Morgan fingerprint density at radius 3 is 2.54 bits per heavy atom. The van der Waals surface area contributed by atoms with E-state index in [1.54, 1.807) is 0 Å². The third kappa shape index (κ3) is 4.64. The van der Waals surface area contributed by atoms with Gasteiger partial charge < -0.3 is 14.9 Å². The summed E-state index contributed by atoms with van der Waals surface area (Å²) >= 11 is 0. The van der Waals surface area contributed by atoms with Crippen molar-refractivity contribution in [3.8, 4) is 0 Å². The van der Waals surface area contributed by atoms with Crippen LogP contribution in [0.3, 0.4) is 0 Å². The average Bonchev–Trinajstić information content (AvgIpc) is 3.05. The number of piperidine rings is 1. The largest absolute Gasteiger partial charge is 0.390 e. The van der Waals surface area contributed by atoms with Crippen LogP contribution >= 0.6 is 0 Å². The Morgan fingerprint density at radius 1 is 1.19 bits per heavy atom. The molecule has 26 heavy (non-hydrogen) atoms. The molecule has 0 saturated carbocycles. The predicted molar refractivity (Wildman–Crippen MR) is 101 cm³/mol. The molecule has 0 spiro atoms. The van der Waals surface area contributed by atoms with Gasteiger partial charge in [-0.2, -0.15) is 0 Å². The van der Waals surface area contributed by atoms with Crippen LogP contribution in [-0.2, 0) is 11.2 Å². The fourth-order valence-corrected chi connectivity index (χ4v) is 3.90. The molecule has 3 rings (SSSR count). The van der Waals surface area contributed by atoms with Gasteiger partial charge in [0.25, 0.3) is 5.91 Å². The Hall–Kier alpha value is -1.88. The van der Waals surface area contributed by atoms with E-state index >= 15 is 0 Å². The van der Waals surface area contributed by atoms with E-state index in [0.717, 1.165) is 44.3 Å². The zero-order chi connectivity index (χ0) is 18.7. The van der Waals surface area contributed by atoms with Crippen molar-refractivity contribution in [3.05, 3.63) is 35.4 Å². The van der Waals surface area contributed by atoms with Crippen LogP contribution in [0.5, 0.6) is 0 Å². The van der Waals surface area contributed by atoms with E-state index in [9.17, 15) is 14.7 Å². The third-order valence-electron chi connectivity index (χ3n) is 5.46. The van der Waals surface area contributed by atoms with Gasteiger partial charge in [-0.25, -0.2) is 0 Å². The molecule has 1 atom stereocenters. The summed E-state index contributed by atoms with van der Waals surface area (Å²) in [6.07, 6.45) is 5.01. The fourth-order valence-electron chi connectivity index (χ4n) is 3.90. The quantitative estimate of drug-likeness (QED) is 0.880. The first-order chi connectivity index (χ1) is 12.3. The molecule has 0 unspecified atom stereocenters. The Bertz CT molecular complexity index is 648. The number of likely N-dealkylation sites (tertiary alicyclic amines) is 2. The molecule has 2 saturated heterocycles. The van der Waals surface area contributed by atoms with Gasteiger partial charge in [0.2, 0.25) is 5.91 Å². The summed E-state index contributed by atoms with van der Waals surface area (Å²) in [5.74, 6) is 0.288. The summed E-state index contributed by atoms with van der Waals surface area (Å²) in [6, 6.07) is 7.89. The Morgan fingerprint density at radius 2 is 1.92 bits per heavy atom. The van der Waals surface area contributed by atoms with Crippen molar-refractivity contribution in [2.75, 3.05) is 19.6 Å². The van der Waals surface area contributed by atoms with Crippen molar-refractivity contribution in [3.63, 3.8) is 0 Å². The van der Waals surface area contributed by atoms with E-state index in [2.05, 4.69) is 0 Å². The molecule has 2 aliphatic rings. The minimum absolute atomic E-state index is 0.0513. The number of carbonyl (C=O) groups is 2. The summed E-state index contributed by atoms with van der Waals surface area (Å²) in [5, 5.41) is 9.84. The number of aryl methyl sites for hydroxylation is 1. The van der Waals surface area contributed by atoms with Gasteiger partial charge in [-0.1, -0.05) is 12.1 Å². The van der Waals surface area contributed by atoms with Crippen molar-refractivity contribution in [1.82, 2.24) is 9.80 Å². The summed E-state index contributed by atoms with van der Waals surface area (Å²) in [7, 11) is 0. The molecule has 0 bridgehead atoms. The topological polar surface area (TPSA) is 60.9 Å². The van der Waals surface area contributed by atoms with Crippen molar-refractivity contribution < 1.29 is 14.7 Å². The second-order valence-electron chi connectivity index (χ2n) is 8.25. The maximum atomic E-state index is 12.9. The third-order valence-corrected chi connectivity index (χ3v) is 5.46. The van der Waals surface area contributed by atoms with Crippen molar-refractivity contribution in [2.45, 2.75) is 64.0 Å². The normalized spacial score (nSPS) is 21.3. The molecule has 0 aromatic heterocycles. The highest BCUT2D eigenvalue weighted by Gasteiger charge is 2.33. The lowest BCUT2D eigenvalue weighted by Gasteiger charge is -2.37. The lowest BCUT2D eigenvalue weighted by Crippen LogP contribution is -2.50. The minimum atomic E-state index is -0.676. The van der Waals surface area contributed by atoms with Crippen LogP contribution in [0.15, 0.2) is 24.3 Å². The first kappa shape index (κ1) is 18.9. The molecule has 0 radical (unpaired) electrons. The van der Waals surface area contributed by atoms with Gasteiger partial charge in [0.1, 0.15) is 0 Å². The first-order valence-corrected chi connectivity index (χ1v) is 9.73. The van der Waals surface area contributed by atoms with Crippen molar-refractivity contribution in [2.24, 2.45) is 0 Å². The number of hydrogen-bond donors (Lipinski definition) is 1. The fraction of sp³-hybridized carbons (Fsp3) is 0.619. The zero-order valence-corrected chi connectivity index (χ0v) is 15.9. The van der Waals surface area contributed by atoms with Crippen LogP contribution in [0.2, 0.25) is 0 Å². The van der Waals surface area contributed by atoms with E-state index in [4.69, 9.17) is 0 Å². The van der Waals surface area contributed by atoms with E-state index in [1.807, 2.05) is 47.9 Å². The molecule has 1 aromatic rings. The zero-order valence-electron chi connectivity index (χ0n) is 15.9. The molecule has 142 valence electrons. The summed E-state index contributed by atoms with van der Waals surface area (Å²) in [5.41, 5.74) is 1.15. The SMILES string of the molecule is CC(C)(O)CCc1ccc(C(=O)N2CCC[C@H](N3CCCC3=O)C2)cc1.